The van der Waals surface area contributed by atoms with Crippen molar-refractivity contribution in [1.82, 2.24) is 4.98 Å². The van der Waals surface area contributed by atoms with E-state index >= 15 is 0 Å². The van der Waals surface area contributed by atoms with Gasteiger partial charge in [0.15, 0.2) is 0 Å². The fourth-order valence-corrected chi connectivity index (χ4v) is 2.93. The van der Waals surface area contributed by atoms with E-state index in [9.17, 15) is 4.79 Å². The van der Waals surface area contributed by atoms with E-state index in [1.165, 1.54) is 11.3 Å². The van der Waals surface area contributed by atoms with Crippen molar-refractivity contribution in [2.75, 3.05) is 7.11 Å². The second-order valence-corrected chi connectivity index (χ2v) is 4.64. The van der Waals surface area contributed by atoms with Gasteiger partial charge in [-0.05, 0) is 19.8 Å². The highest BCUT2D eigenvalue weighted by atomic mass is 32.1. The molecule has 0 aromatic carbocycles. The Balaban J connectivity index is 3.22. The summed E-state index contributed by atoms with van der Waals surface area (Å²) in [7, 11) is 1.64. The van der Waals surface area contributed by atoms with Crippen LogP contribution in [0, 0.1) is 6.92 Å². The first-order chi connectivity index (χ1) is 7.50. The molecular formula is C11H17NO3S. The summed E-state index contributed by atoms with van der Waals surface area (Å²) in [6.45, 7) is 5.75. The van der Waals surface area contributed by atoms with Crippen LogP contribution < -0.4 is 0 Å². The molecule has 1 rings (SSSR count). The Morgan fingerprint density at radius 2 is 2.06 bits per heavy atom. The van der Waals surface area contributed by atoms with Crippen molar-refractivity contribution in [3.63, 3.8) is 0 Å². The lowest BCUT2D eigenvalue weighted by Crippen LogP contribution is -2.26. The molecule has 90 valence electrons. The van der Waals surface area contributed by atoms with E-state index in [0.717, 1.165) is 17.8 Å². The fraction of sp³-hybridized carbons (Fsp3) is 0.636. The van der Waals surface area contributed by atoms with Crippen LogP contribution in [0.2, 0.25) is 0 Å². The number of nitrogens with zero attached hydrogens (tertiary/aromatic N) is 1. The molecule has 0 fully saturated rings. The molecular weight excluding hydrogens is 226 g/mol. The summed E-state index contributed by atoms with van der Waals surface area (Å²) >= 11 is 1.21. The molecule has 0 bridgehead atoms. The molecule has 1 heterocycles. The van der Waals surface area contributed by atoms with Gasteiger partial charge in [-0.1, -0.05) is 13.8 Å². The predicted molar refractivity (Wildman–Crippen MR) is 63.1 cm³/mol. The number of hydrogen-bond donors (Lipinski definition) is 1. The van der Waals surface area contributed by atoms with Gasteiger partial charge in [-0.2, -0.15) is 0 Å². The first-order valence-corrected chi connectivity index (χ1v) is 6.08. The lowest BCUT2D eigenvalue weighted by molar-refractivity contribution is -0.0219. The second kappa shape index (κ2) is 4.93. The molecule has 16 heavy (non-hydrogen) atoms. The zero-order valence-corrected chi connectivity index (χ0v) is 10.8. The Bertz CT molecular complexity index is 374. The number of ether oxygens (including phenoxy) is 1. The number of carboxylic acid groups (broad SMARTS) is 1. The van der Waals surface area contributed by atoms with Gasteiger partial charge in [-0.3, -0.25) is 0 Å². The number of thiazole rings is 1. The van der Waals surface area contributed by atoms with Gasteiger partial charge in [0.05, 0.1) is 5.69 Å². The monoisotopic (exact) mass is 243 g/mol. The normalized spacial score (nSPS) is 11.8. The summed E-state index contributed by atoms with van der Waals surface area (Å²) in [5.41, 5.74) is 0.124. The average Bonchev–Trinajstić information content (AvgIpc) is 2.64. The Labute approximate surface area is 99.3 Å². The van der Waals surface area contributed by atoms with Crippen molar-refractivity contribution >= 4 is 17.3 Å². The summed E-state index contributed by atoms with van der Waals surface area (Å²) in [6, 6.07) is 0. The topological polar surface area (TPSA) is 59.4 Å². The minimum Gasteiger partial charge on any atom is -0.477 e. The van der Waals surface area contributed by atoms with Gasteiger partial charge in [-0.25, -0.2) is 9.78 Å². The van der Waals surface area contributed by atoms with Crippen LogP contribution in [0.1, 0.15) is 47.1 Å². The largest absolute Gasteiger partial charge is 0.477 e. The van der Waals surface area contributed by atoms with Crippen molar-refractivity contribution in [3.8, 4) is 0 Å². The molecule has 0 radical (unpaired) electrons. The van der Waals surface area contributed by atoms with E-state index in [-0.39, 0.29) is 0 Å². The van der Waals surface area contributed by atoms with Crippen molar-refractivity contribution in [3.05, 3.63) is 15.6 Å². The van der Waals surface area contributed by atoms with E-state index in [1.54, 1.807) is 14.0 Å². The third-order valence-corrected chi connectivity index (χ3v) is 4.24. The maximum Gasteiger partial charge on any atom is 0.347 e. The van der Waals surface area contributed by atoms with Gasteiger partial charge >= 0.3 is 5.97 Å². The number of hydrogen-bond acceptors (Lipinski definition) is 4. The van der Waals surface area contributed by atoms with E-state index in [4.69, 9.17) is 9.84 Å². The molecule has 0 spiro atoms. The molecule has 0 unspecified atom stereocenters. The molecule has 0 atom stereocenters. The van der Waals surface area contributed by atoms with Gasteiger partial charge in [-0.15, -0.1) is 11.3 Å². The maximum absolute atomic E-state index is 11.0. The van der Waals surface area contributed by atoms with E-state index < -0.39 is 11.6 Å². The first-order valence-electron chi connectivity index (χ1n) is 5.27. The third-order valence-electron chi connectivity index (χ3n) is 2.91. The molecule has 0 aliphatic heterocycles. The summed E-state index contributed by atoms with van der Waals surface area (Å²) in [4.78, 5) is 15.6. The summed E-state index contributed by atoms with van der Waals surface area (Å²) in [6.07, 6.45) is 1.57. The molecule has 0 amide bonds. The number of aryl methyl sites for hydroxylation is 1. The molecule has 1 aromatic heterocycles. The Morgan fingerprint density at radius 1 is 1.50 bits per heavy atom. The quantitative estimate of drug-likeness (QED) is 0.863. The standard InChI is InChI=1S/C11H17NO3S/c1-5-11(6-2,15-4)10-12-7(3)8(16-10)9(13)14/h5-6H2,1-4H3,(H,13,14). The Hall–Kier alpha value is -0.940. The van der Waals surface area contributed by atoms with Crippen LogP contribution in [0.4, 0.5) is 0 Å². The highest BCUT2D eigenvalue weighted by molar-refractivity contribution is 7.13. The van der Waals surface area contributed by atoms with Crippen LogP contribution in [-0.2, 0) is 10.3 Å². The SMILES string of the molecule is CCC(CC)(OC)c1nc(C)c(C(=O)O)s1. The molecule has 0 aliphatic rings. The summed E-state index contributed by atoms with van der Waals surface area (Å²) in [5, 5.41) is 9.75. The van der Waals surface area contributed by atoms with Crippen LogP contribution in [0.25, 0.3) is 0 Å². The van der Waals surface area contributed by atoms with Crippen molar-refractivity contribution in [2.24, 2.45) is 0 Å². The van der Waals surface area contributed by atoms with Crippen LogP contribution in [-0.4, -0.2) is 23.2 Å². The lowest BCUT2D eigenvalue weighted by atomic mass is 9.98. The molecule has 4 nitrogen and oxygen atoms in total. The molecule has 0 saturated heterocycles. The van der Waals surface area contributed by atoms with Crippen molar-refractivity contribution in [2.45, 2.75) is 39.2 Å². The zero-order chi connectivity index (χ0) is 12.3. The number of carboxylic acids is 1. The van der Waals surface area contributed by atoms with E-state index in [2.05, 4.69) is 4.98 Å². The lowest BCUT2D eigenvalue weighted by Gasteiger charge is -2.27. The average molecular weight is 243 g/mol. The number of aromatic carboxylic acids is 1. The highest BCUT2D eigenvalue weighted by Gasteiger charge is 2.33. The first kappa shape index (κ1) is 13.1. The maximum atomic E-state index is 11.0. The van der Waals surface area contributed by atoms with Crippen molar-refractivity contribution < 1.29 is 14.6 Å². The molecule has 0 aliphatic carbocycles. The predicted octanol–water partition coefficient (Wildman–Crippen LogP) is 2.81. The second-order valence-electron chi connectivity index (χ2n) is 3.64. The van der Waals surface area contributed by atoms with Crippen LogP contribution in [0.15, 0.2) is 0 Å². The van der Waals surface area contributed by atoms with Gasteiger partial charge in [0.2, 0.25) is 0 Å². The summed E-state index contributed by atoms with van der Waals surface area (Å²) in [5.74, 6) is -0.918. The van der Waals surface area contributed by atoms with Gasteiger partial charge in [0.1, 0.15) is 15.5 Å². The van der Waals surface area contributed by atoms with Gasteiger partial charge < -0.3 is 9.84 Å². The van der Waals surface area contributed by atoms with Gasteiger partial charge in [0, 0.05) is 7.11 Å². The number of methoxy groups -OCH3 is 1. The number of rotatable bonds is 5. The van der Waals surface area contributed by atoms with Gasteiger partial charge in [0.25, 0.3) is 0 Å². The zero-order valence-electron chi connectivity index (χ0n) is 10.0. The van der Waals surface area contributed by atoms with Crippen LogP contribution in [0.3, 0.4) is 0 Å². The molecule has 1 aromatic rings. The number of carbonyl (C=O) groups is 1. The molecule has 1 N–H and O–H groups in total. The number of aromatic nitrogens is 1. The Kier molecular flexibility index (Phi) is 4.04. The Morgan fingerprint density at radius 3 is 2.38 bits per heavy atom. The third kappa shape index (κ3) is 2.10. The van der Waals surface area contributed by atoms with Crippen molar-refractivity contribution in [1.29, 1.82) is 0 Å². The van der Waals surface area contributed by atoms with Crippen LogP contribution >= 0.6 is 11.3 Å². The van der Waals surface area contributed by atoms with Crippen LogP contribution in [0.5, 0.6) is 0 Å². The summed E-state index contributed by atoms with van der Waals surface area (Å²) < 4.78 is 5.53. The highest BCUT2D eigenvalue weighted by Crippen LogP contribution is 2.36. The van der Waals surface area contributed by atoms with E-state index in [0.29, 0.717) is 10.6 Å². The van der Waals surface area contributed by atoms with E-state index in [1.807, 2.05) is 13.8 Å². The fourth-order valence-electron chi connectivity index (χ4n) is 1.72. The minimum atomic E-state index is -0.918. The molecule has 5 heteroatoms. The smallest absolute Gasteiger partial charge is 0.347 e. The molecule has 0 saturated carbocycles. The minimum absolute atomic E-state index is 0.304.